The number of aliphatic hydroxyl groups is 1. The van der Waals surface area contributed by atoms with E-state index < -0.39 is 17.6 Å². The fraction of sp³-hybridized carbons (Fsp3) is 0.355. The first kappa shape index (κ1) is 33.1. The summed E-state index contributed by atoms with van der Waals surface area (Å²) in [5.41, 5.74) is 15.6. The van der Waals surface area contributed by atoms with Crippen LogP contribution in [-0.4, -0.2) is 67.7 Å². The molecule has 2 atom stereocenters. The van der Waals surface area contributed by atoms with Gasteiger partial charge in [-0.1, -0.05) is 58.6 Å². The molecule has 44 heavy (non-hydrogen) atoms. The average Bonchev–Trinajstić information content (AvgIpc) is 3.38. The van der Waals surface area contributed by atoms with E-state index in [2.05, 4.69) is 25.8 Å². The van der Waals surface area contributed by atoms with E-state index in [1.165, 1.54) is 0 Å². The summed E-state index contributed by atoms with van der Waals surface area (Å²) in [5.74, 6) is 0.396. The molecule has 0 unspecified atom stereocenters. The molecule has 1 amide bonds. The monoisotopic (exact) mass is 639 g/mol. The number of hydrogen-bond donors (Lipinski definition) is 3. The number of aliphatic hydroxyl groups excluding tert-OH is 1. The second-order valence-electron chi connectivity index (χ2n) is 10.5. The van der Waals surface area contributed by atoms with Gasteiger partial charge in [0.25, 0.3) is 5.91 Å². The summed E-state index contributed by atoms with van der Waals surface area (Å²) < 4.78 is 12.2. The zero-order valence-corrected chi connectivity index (χ0v) is 26.1. The second kappa shape index (κ2) is 15.8. The summed E-state index contributed by atoms with van der Waals surface area (Å²) in [6.45, 7) is 1.77. The Morgan fingerprint density at radius 3 is 2.64 bits per heavy atom. The number of nitrogens with one attached hydrogen (secondary N) is 2. The maximum Gasteiger partial charge on any atom is 0.266 e. The van der Waals surface area contributed by atoms with Gasteiger partial charge in [-0.15, -0.1) is 0 Å². The van der Waals surface area contributed by atoms with Crippen molar-refractivity contribution in [3.63, 3.8) is 0 Å². The van der Waals surface area contributed by atoms with E-state index in [0.717, 1.165) is 13.0 Å². The number of benzene rings is 3. The number of aliphatic imine (C=N–C) groups is 1. The summed E-state index contributed by atoms with van der Waals surface area (Å²) in [6, 6.07) is 19.1. The molecule has 13 heteroatoms. The third-order valence-electron chi connectivity index (χ3n) is 6.99. The van der Waals surface area contributed by atoms with Gasteiger partial charge in [-0.05, 0) is 74.6 Å². The molecule has 3 aromatic carbocycles. The van der Waals surface area contributed by atoms with Crippen LogP contribution in [0, 0.1) is 0 Å². The number of azide groups is 1. The lowest BCUT2D eigenvalue weighted by Crippen LogP contribution is -2.54. The van der Waals surface area contributed by atoms with Gasteiger partial charge in [0.05, 0.1) is 6.61 Å². The maximum atomic E-state index is 14.3. The molecule has 11 nitrogen and oxygen atoms in total. The Bertz CT molecular complexity index is 1510. The Labute approximate surface area is 266 Å². The number of nitrogens with zero attached hydrogens (tertiary/aromatic N) is 5. The number of ether oxygens (including phenoxy) is 2. The van der Waals surface area contributed by atoms with Crippen molar-refractivity contribution in [2.45, 2.75) is 30.9 Å². The van der Waals surface area contributed by atoms with Gasteiger partial charge in [0.2, 0.25) is 5.90 Å². The first-order chi connectivity index (χ1) is 21.3. The molecule has 3 N–H and O–H groups in total. The lowest BCUT2D eigenvalue weighted by Gasteiger charge is -2.31. The van der Waals surface area contributed by atoms with Gasteiger partial charge in [0, 0.05) is 57.8 Å². The van der Waals surface area contributed by atoms with Gasteiger partial charge >= 0.3 is 0 Å². The normalized spacial score (nSPS) is 17.5. The van der Waals surface area contributed by atoms with E-state index in [9.17, 15) is 10.3 Å². The van der Waals surface area contributed by atoms with E-state index in [4.69, 9.17) is 42.8 Å². The van der Waals surface area contributed by atoms with Crippen molar-refractivity contribution in [3.8, 4) is 5.75 Å². The van der Waals surface area contributed by atoms with Crippen LogP contribution in [0.15, 0.2) is 76.8 Å². The van der Waals surface area contributed by atoms with E-state index in [-0.39, 0.29) is 18.9 Å². The Kier molecular flexibility index (Phi) is 11.8. The highest BCUT2D eigenvalue weighted by atomic mass is 35.5. The van der Waals surface area contributed by atoms with Gasteiger partial charge in [-0.25, -0.2) is 10.4 Å². The number of hydrazine groups is 1. The van der Waals surface area contributed by atoms with Crippen molar-refractivity contribution >= 4 is 40.7 Å². The Hall–Kier alpha value is -3.83. The SMILES string of the molecule is CN(C)CCCNNC(=O)[C@@]1(Cc2ccccc2N=[N+]=[N-])N=C(c2ccc(OCCCO)cc2)O[C@H]1c1ccc(Cl)cc1Cl. The fourth-order valence-electron chi connectivity index (χ4n) is 4.80. The summed E-state index contributed by atoms with van der Waals surface area (Å²) in [6.07, 6.45) is 0.372. The molecule has 1 heterocycles. The predicted molar refractivity (Wildman–Crippen MR) is 171 cm³/mol. The van der Waals surface area contributed by atoms with Crippen LogP contribution >= 0.6 is 23.2 Å². The van der Waals surface area contributed by atoms with Crippen LogP contribution in [0.5, 0.6) is 5.75 Å². The largest absolute Gasteiger partial charge is 0.494 e. The van der Waals surface area contributed by atoms with Crippen LogP contribution in [0.25, 0.3) is 10.4 Å². The van der Waals surface area contributed by atoms with Crippen molar-refractivity contribution in [1.82, 2.24) is 15.8 Å². The van der Waals surface area contributed by atoms with Gasteiger partial charge in [0.15, 0.2) is 11.6 Å². The molecular formula is C31H35Cl2N7O4. The summed E-state index contributed by atoms with van der Waals surface area (Å²) in [4.78, 5) is 24.3. The minimum absolute atomic E-state index is 0.0306. The molecule has 0 bridgehead atoms. The lowest BCUT2D eigenvalue weighted by molar-refractivity contribution is -0.130. The summed E-state index contributed by atoms with van der Waals surface area (Å²) in [5, 5.41) is 13.6. The molecule has 0 aromatic heterocycles. The number of carbonyl (C=O) groups excluding carboxylic acids is 1. The number of hydrogen-bond acceptors (Lipinski definition) is 8. The van der Waals surface area contributed by atoms with Crippen molar-refractivity contribution in [2.24, 2.45) is 10.1 Å². The molecule has 0 saturated heterocycles. The molecule has 0 fully saturated rings. The van der Waals surface area contributed by atoms with Crippen LogP contribution in [0.3, 0.4) is 0 Å². The zero-order valence-electron chi connectivity index (χ0n) is 24.5. The second-order valence-corrected chi connectivity index (χ2v) is 11.3. The number of rotatable bonds is 15. The third kappa shape index (κ3) is 8.21. The molecule has 1 aliphatic heterocycles. The van der Waals surface area contributed by atoms with Crippen LogP contribution in [0.2, 0.25) is 10.0 Å². The van der Waals surface area contributed by atoms with Crippen molar-refractivity contribution < 1.29 is 19.4 Å². The highest BCUT2D eigenvalue weighted by Crippen LogP contribution is 2.45. The van der Waals surface area contributed by atoms with E-state index >= 15 is 0 Å². The van der Waals surface area contributed by atoms with Gasteiger partial charge in [-0.3, -0.25) is 10.2 Å². The highest BCUT2D eigenvalue weighted by molar-refractivity contribution is 6.35. The number of carbonyl (C=O) groups is 1. The number of halogens is 2. The van der Waals surface area contributed by atoms with Crippen molar-refractivity contribution in [2.75, 3.05) is 40.4 Å². The number of amides is 1. The predicted octanol–water partition coefficient (Wildman–Crippen LogP) is 5.77. The molecular weight excluding hydrogens is 605 g/mol. The van der Waals surface area contributed by atoms with Crippen molar-refractivity contribution in [1.29, 1.82) is 0 Å². The lowest BCUT2D eigenvalue weighted by atomic mass is 9.81. The summed E-state index contributed by atoms with van der Waals surface area (Å²) in [7, 11) is 3.96. The van der Waals surface area contributed by atoms with Crippen molar-refractivity contribution in [3.05, 3.63) is 104 Å². The van der Waals surface area contributed by atoms with Gasteiger partial charge < -0.3 is 19.5 Å². The van der Waals surface area contributed by atoms with Gasteiger partial charge in [-0.2, -0.15) is 0 Å². The summed E-state index contributed by atoms with van der Waals surface area (Å²) >= 11 is 12.9. The van der Waals surface area contributed by atoms with Crippen LogP contribution in [0.4, 0.5) is 5.69 Å². The molecule has 0 aliphatic carbocycles. The van der Waals surface area contributed by atoms with E-state index in [1.807, 2.05) is 14.1 Å². The van der Waals surface area contributed by atoms with Crippen LogP contribution in [-0.2, 0) is 16.0 Å². The Balaban J connectivity index is 1.79. The molecule has 1 aliphatic rings. The Morgan fingerprint density at radius 1 is 1.16 bits per heavy atom. The molecule has 0 radical (unpaired) electrons. The fourth-order valence-corrected chi connectivity index (χ4v) is 5.31. The maximum absolute atomic E-state index is 14.3. The van der Waals surface area contributed by atoms with E-state index in [0.29, 0.717) is 57.7 Å². The van der Waals surface area contributed by atoms with E-state index in [1.54, 1.807) is 66.7 Å². The zero-order chi connectivity index (χ0) is 31.5. The third-order valence-corrected chi connectivity index (χ3v) is 7.55. The molecule has 0 spiro atoms. The quantitative estimate of drug-likeness (QED) is 0.0633. The average molecular weight is 641 g/mol. The smallest absolute Gasteiger partial charge is 0.266 e. The van der Waals surface area contributed by atoms with Crippen LogP contribution in [0.1, 0.15) is 35.6 Å². The topological polar surface area (TPSA) is 144 Å². The molecule has 3 aromatic rings. The molecule has 0 saturated carbocycles. The molecule has 232 valence electrons. The first-order valence-corrected chi connectivity index (χ1v) is 14.9. The highest BCUT2D eigenvalue weighted by Gasteiger charge is 2.54. The van der Waals surface area contributed by atoms with Crippen LogP contribution < -0.4 is 15.6 Å². The van der Waals surface area contributed by atoms with Gasteiger partial charge in [0.1, 0.15) is 5.75 Å². The minimum atomic E-state index is -1.57. The molecule has 4 rings (SSSR count). The Morgan fingerprint density at radius 2 is 1.93 bits per heavy atom. The standard InChI is InChI=1S/C31H35Cl2N7O4/c1-40(2)16-5-15-35-38-30(42)31(20-22-7-3-4-8-27(22)37-39-34)28(25-14-11-23(32)19-26(25)33)44-29(36-31)21-9-12-24(13-10-21)43-18-6-17-41/h3-4,7-14,19,28,35,41H,5-6,15-18,20H2,1-2H3,(H,38,42)/t28-,31-/m0/s1. The minimum Gasteiger partial charge on any atom is -0.494 e. The first-order valence-electron chi connectivity index (χ1n) is 14.1.